The SMILES string of the molecule is CCCC/C=[C](/C=C/I)[Sn]([CH2]CCC)([CH2]CCC)[CH2]CCC. The molecule has 0 aliphatic carbocycles. The molecule has 22 heavy (non-hydrogen) atoms. The van der Waals surface area contributed by atoms with Crippen LogP contribution in [0.1, 0.15) is 85.5 Å². The van der Waals surface area contributed by atoms with E-state index in [2.05, 4.69) is 66.5 Å². The zero-order valence-corrected chi connectivity index (χ0v) is 20.6. The van der Waals surface area contributed by atoms with Crippen LogP contribution in [0.2, 0.25) is 13.3 Å². The van der Waals surface area contributed by atoms with Crippen molar-refractivity contribution in [1.29, 1.82) is 0 Å². The third kappa shape index (κ3) is 9.34. The second kappa shape index (κ2) is 15.5. The van der Waals surface area contributed by atoms with Crippen molar-refractivity contribution in [3.63, 3.8) is 0 Å². The summed E-state index contributed by atoms with van der Waals surface area (Å²) in [4.78, 5) is 0. The first-order valence-corrected chi connectivity index (χ1v) is 18.4. The van der Waals surface area contributed by atoms with Crippen LogP contribution in [0.15, 0.2) is 19.8 Å². The first kappa shape index (κ1) is 23.0. The molecule has 0 aliphatic rings. The Hall–Kier alpha value is 1.01. The van der Waals surface area contributed by atoms with Gasteiger partial charge in [-0.2, -0.15) is 0 Å². The summed E-state index contributed by atoms with van der Waals surface area (Å²) < 4.78 is 8.90. The molecule has 0 atom stereocenters. The molecule has 0 amide bonds. The first-order chi connectivity index (χ1) is 10.7. The van der Waals surface area contributed by atoms with E-state index in [0.29, 0.717) is 0 Å². The third-order valence-electron chi connectivity index (χ3n) is 4.80. The van der Waals surface area contributed by atoms with E-state index in [1.165, 1.54) is 57.8 Å². The van der Waals surface area contributed by atoms with Crippen LogP contribution in [-0.4, -0.2) is 18.4 Å². The molecule has 0 spiro atoms. The quantitative estimate of drug-likeness (QED) is 0.0925. The molecule has 0 bridgehead atoms. The van der Waals surface area contributed by atoms with E-state index in [0.717, 1.165) is 0 Å². The van der Waals surface area contributed by atoms with Gasteiger partial charge in [-0.3, -0.25) is 0 Å². The number of unbranched alkanes of at least 4 members (excludes halogenated alkanes) is 5. The summed E-state index contributed by atoms with van der Waals surface area (Å²) in [5, 5.41) is 0. The van der Waals surface area contributed by atoms with E-state index in [9.17, 15) is 0 Å². The topological polar surface area (TPSA) is 0 Å². The number of hydrogen-bond donors (Lipinski definition) is 0. The van der Waals surface area contributed by atoms with Gasteiger partial charge in [0.25, 0.3) is 0 Å². The van der Waals surface area contributed by atoms with Crippen molar-refractivity contribution in [3.8, 4) is 0 Å². The van der Waals surface area contributed by atoms with Crippen LogP contribution in [0.3, 0.4) is 0 Å². The van der Waals surface area contributed by atoms with Crippen LogP contribution in [0.5, 0.6) is 0 Å². The fourth-order valence-electron chi connectivity index (χ4n) is 3.34. The van der Waals surface area contributed by atoms with Crippen molar-refractivity contribution in [3.05, 3.63) is 19.8 Å². The summed E-state index contributed by atoms with van der Waals surface area (Å²) in [6.07, 6.45) is 17.6. The van der Waals surface area contributed by atoms with Crippen molar-refractivity contribution in [1.82, 2.24) is 0 Å². The number of allylic oxidation sites excluding steroid dienone is 3. The van der Waals surface area contributed by atoms with E-state index >= 15 is 0 Å². The van der Waals surface area contributed by atoms with Gasteiger partial charge in [-0.25, -0.2) is 0 Å². The molecule has 0 N–H and O–H groups in total. The maximum atomic E-state index is 2.66. The Bertz CT molecular complexity index is 285. The monoisotopic (exact) mass is 526 g/mol. The van der Waals surface area contributed by atoms with Crippen molar-refractivity contribution in [2.75, 3.05) is 0 Å². The Morgan fingerprint density at radius 3 is 1.59 bits per heavy atom. The van der Waals surface area contributed by atoms with E-state index in [4.69, 9.17) is 0 Å². The molecule has 0 saturated heterocycles. The molecule has 0 aromatic heterocycles. The minimum atomic E-state index is -2.18. The summed E-state index contributed by atoms with van der Waals surface area (Å²) >= 11 is 0.253. The summed E-state index contributed by atoms with van der Waals surface area (Å²) in [6.45, 7) is 9.41. The molecule has 0 rings (SSSR count). The minimum absolute atomic E-state index is 1.30. The van der Waals surface area contributed by atoms with Crippen molar-refractivity contribution in [2.24, 2.45) is 0 Å². The van der Waals surface area contributed by atoms with Crippen molar-refractivity contribution in [2.45, 2.75) is 98.8 Å². The van der Waals surface area contributed by atoms with E-state index in [1.54, 1.807) is 13.3 Å². The summed E-state index contributed by atoms with van der Waals surface area (Å²) in [5.41, 5.74) is 0. The summed E-state index contributed by atoms with van der Waals surface area (Å²) in [6, 6.07) is 0. The van der Waals surface area contributed by atoms with Crippen LogP contribution in [-0.2, 0) is 0 Å². The average molecular weight is 525 g/mol. The summed E-state index contributed by atoms with van der Waals surface area (Å²) in [7, 11) is 0. The fraction of sp³-hybridized carbons (Fsp3) is 0.800. The van der Waals surface area contributed by atoms with Crippen LogP contribution in [0, 0.1) is 0 Å². The van der Waals surface area contributed by atoms with E-state index < -0.39 is 18.4 Å². The van der Waals surface area contributed by atoms with Gasteiger partial charge >= 0.3 is 160 Å². The van der Waals surface area contributed by atoms with E-state index in [-0.39, 0.29) is 0 Å². The van der Waals surface area contributed by atoms with Gasteiger partial charge in [0.15, 0.2) is 0 Å². The molecule has 0 aliphatic heterocycles. The Balaban J connectivity index is 5.39. The number of hydrogen-bond acceptors (Lipinski definition) is 0. The van der Waals surface area contributed by atoms with Crippen LogP contribution < -0.4 is 0 Å². The normalized spacial score (nSPS) is 13.2. The molecule has 0 nitrogen and oxygen atoms in total. The van der Waals surface area contributed by atoms with Gasteiger partial charge in [0.05, 0.1) is 0 Å². The zero-order valence-electron chi connectivity index (χ0n) is 15.6. The van der Waals surface area contributed by atoms with Gasteiger partial charge < -0.3 is 0 Å². The van der Waals surface area contributed by atoms with Gasteiger partial charge in [0.2, 0.25) is 0 Å². The van der Waals surface area contributed by atoms with Crippen molar-refractivity contribution < 1.29 is 0 Å². The van der Waals surface area contributed by atoms with Gasteiger partial charge in [0.1, 0.15) is 0 Å². The molecule has 2 heteroatoms. The molecular weight excluding hydrogens is 486 g/mol. The summed E-state index contributed by atoms with van der Waals surface area (Å²) in [5.74, 6) is 0. The first-order valence-electron chi connectivity index (χ1n) is 9.68. The van der Waals surface area contributed by atoms with Gasteiger partial charge in [-0.1, -0.05) is 0 Å². The molecule has 0 saturated carbocycles. The maximum absolute atomic E-state index is 2.66. The van der Waals surface area contributed by atoms with E-state index in [1.807, 2.05) is 3.59 Å². The standard InChI is InChI=1S/C8H12I.3C4H9.Sn/c1-2-3-4-5-6-7-8-9;3*1-3-4-2;/h5,7-8H,2-4H2,1H3;3*1,3-4H2,2H3;/b6-5?,8-7+;;;;. The zero-order chi connectivity index (χ0) is 16.7. The molecule has 0 heterocycles. The Morgan fingerprint density at radius 2 is 1.23 bits per heavy atom. The fourth-order valence-corrected chi connectivity index (χ4v) is 21.0. The predicted molar refractivity (Wildman–Crippen MR) is 116 cm³/mol. The third-order valence-corrected chi connectivity index (χ3v) is 20.9. The second-order valence-electron chi connectivity index (χ2n) is 6.69. The molecular formula is C20H39ISn. The second-order valence-corrected chi connectivity index (χ2v) is 20.6. The van der Waals surface area contributed by atoms with Crippen LogP contribution in [0.4, 0.5) is 0 Å². The van der Waals surface area contributed by atoms with Gasteiger partial charge in [0, 0.05) is 0 Å². The number of halogens is 1. The molecule has 0 aromatic carbocycles. The van der Waals surface area contributed by atoms with Gasteiger partial charge in [-0.05, 0) is 0 Å². The predicted octanol–water partition coefficient (Wildman–Crippen LogP) is 8.44. The molecule has 130 valence electrons. The Kier molecular flexibility index (Phi) is 16.2. The molecule has 0 fully saturated rings. The van der Waals surface area contributed by atoms with Crippen LogP contribution in [0.25, 0.3) is 0 Å². The Morgan fingerprint density at radius 1 is 0.773 bits per heavy atom. The molecule has 0 radical (unpaired) electrons. The van der Waals surface area contributed by atoms with Gasteiger partial charge in [-0.15, -0.1) is 0 Å². The van der Waals surface area contributed by atoms with Crippen molar-refractivity contribution >= 4 is 41.0 Å². The number of rotatable bonds is 14. The molecule has 0 aromatic rings. The van der Waals surface area contributed by atoms with Crippen LogP contribution >= 0.6 is 22.6 Å². The molecule has 0 unspecified atom stereocenters. The Labute approximate surface area is 158 Å². The average Bonchev–Trinajstić information content (AvgIpc) is 2.54.